The fourth-order valence-electron chi connectivity index (χ4n) is 3.14. The van der Waals surface area contributed by atoms with E-state index in [1.54, 1.807) is 0 Å². The van der Waals surface area contributed by atoms with Crippen molar-refractivity contribution < 1.29 is 9.26 Å². The quantitative estimate of drug-likeness (QED) is 0.939. The van der Waals surface area contributed by atoms with Crippen molar-refractivity contribution in [3.05, 3.63) is 41.5 Å². The van der Waals surface area contributed by atoms with Gasteiger partial charge in [-0.15, -0.1) is 0 Å². The Labute approximate surface area is 123 Å². The number of nitrogens with one attached hydrogen (secondary N) is 1. The molecule has 2 aliphatic rings. The van der Waals surface area contributed by atoms with Gasteiger partial charge in [-0.2, -0.15) is 4.98 Å². The number of para-hydroxylation sites is 1. The first-order chi connectivity index (χ1) is 10.4. The van der Waals surface area contributed by atoms with Gasteiger partial charge in [-0.25, -0.2) is 0 Å². The van der Waals surface area contributed by atoms with Gasteiger partial charge in [0.05, 0.1) is 12.0 Å². The lowest BCUT2D eigenvalue weighted by Crippen LogP contribution is -2.21. The van der Waals surface area contributed by atoms with Crippen LogP contribution in [0.2, 0.25) is 0 Å². The zero-order valence-corrected chi connectivity index (χ0v) is 11.9. The Kier molecular flexibility index (Phi) is 3.35. The number of fused-ring (bicyclic) bond motifs is 1. The van der Waals surface area contributed by atoms with E-state index in [4.69, 9.17) is 9.26 Å². The Morgan fingerprint density at radius 2 is 2.24 bits per heavy atom. The number of aromatic nitrogens is 2. The van der Waals surface area contributed by atoms with Gasteiger partial charge in [-0.3, -0.25) is 0 Å². The maximum absolute atomic E-state index is 5.62. The zero-order chi connectivity index (χ0) is 14.1. The van der Waals surface area contributed by atoms with Crippen LogP contribution in [0.5, 0.6) is 0 Å². The van der Waals surface area contributed by atoms with E-state index in [1.807, 2.05) is 0 Å². The van der Waals surface area contributed by atoms with Gasteiger partial charge < -0.3 is 14.6 Å². The molecule has 2 aliphatic heterocycles. The molecule has 4 rings (SSSR count). The van der Waals surface area contributed by atoms with Gasteiger partial charge in [-0.05, 0) is 30.9 Å². The molecule has 0 saturated carbocycles. The number of benzene rings is 1. The molecule has 0 bridgehead atoms. The number of anilines is 1. The van der Waals surface area contributed by atoms with Crippen LogP contribution >= 0.6 is 0 Å². The number of hydrogen-bond acceptors (Lipinski definition) is 5. The molecule has 2 unspecified atom stereocenters. The maximum Gasteiger partial charge on any atom is 0.231 e. The van der Waals surface area contributed by atoms with Crippen molar-refractivity contribution in [1.29, 1.82) is 0 Å². The Bertz CT molecular complexity index is 619. The highest BCUT2D eigenvalue weighted by Crippen LogP contribution is 2.29. The molecule has 0 radical (unpaired) electrons. The molecule has 1 saturated heterocycles. The van der Waals surface area contributed by atoms with Crippen molar-refractivity contribution in [3.63, 3.8) is 0 Å². The summed E-state index contributed by atoms with van der Waals surface area (Å²) in [5.41, 5.74) is 2.53. The van der Waals surface area contributed by atoms with Gasteiger partial charge in [0.15, 0.2) is 5.82 Å². The molecule has 5 heteroatoms. The molecular formula is C16H19N3O2. The van der Waals surface area contributed by atoms with Crippen molar-refractivity contribution in [2.24, 2.45) is 0 Å². The molecule has 2 aromatic rings. The standard InChI is InChI=1S/C16H19N3O2/c1-2-6-14-11(4-1)8-12(10-17-14)16-18-15(19-21-16)9-13-5-3-7-20-13/h1-2,4,6,12-13,17H,3,5,7-10H2. The topological polar surface area (TPSA) is 60.2 Å². The molecule has 0 spiro atoms. The second kappa shape index (κ2) is 5.48. The fourth-order valence-corrected chi connectivity index (χ4v) is 3.14. The van der Waals surface area contributed by atoms with Crippen LogP contribution in [0.15, 0.2) is 28.8 Å². The van der Waals surface area contributed by atoms with Crippen molar-refractivity contribution in [2.75, 3.05) is 18.5 Å². The van der Waals surface area contributed by atoms with Crippen LogP contribution in [0.4, 0.5) is 5.69 Å². The predicted octanol–water partition coefficient (Wildman–Crippen LogP) is 2.54. The van der Waals surface area contributed by atoms with Crippen LogP contribution < -0.4 is 5.32 Å². The van der Waals surface area contributed by atoms with Gasteiger partial charge in [0.2, 0.25) is 5.89 Å². The monoisotopic (exact) mass is 285 g/mol. The van der Waals surface area contributed by atoms with Crippen LogP contribution in [0, 0.1) is 0 Å². The minimum absolute atomic E-state index is 0.255. The van der Waals surface area contributed by atoms with E-state index in [0.717, 1.165) is 50.6 Å². The van der Waals surface area contributed by atoms with E-state index < -0.39 is 0 Å². The summed E-state index contributed by atoms with van der Waals surface area (Å²) in [6.45, 7) is 1.71. The van der Waals surface area contributed by atoms with E-state index >= 15 is 0 Å². The van der Waals surface area contributed by atoms with Crippen LogP contribution in [-0.2, 0) is 17.6 Å². The molecular weight excluding hydrogens is 266 g/mol. The Morgan fingerprint density at radius 3 is 3.14 bits per heavy atom. The van der Waals surface area contributed by atoms with Gasteiger partial charge in [0, 0.05) is 25.3 Å². The van der Waals surface area contributed by atoms with Crippen molar-refractivity contribution >= 4 is 5.69 Å². The SMILES string of the molecule is c1ccc2c(c1)CC(c1nc(CC3CCCO3)no1)CN2. The summed E-state index contributed by atoms with van der Waals surface area (Å²) in [5, 5.41) is 7.56. The van der Waals surface area contributed by atoms with E-state index in [0.29, 0.717) is 0 Å². The summed E-state index contributed by atoms with van der Waals surface area (Å²) < 4.78 is 11.1. The molecule has 1 N–H and O–H groups in total. The van der Waals surface area contributed by atoms with Crippen LogP contribution in [-0.4, -0.2) is 29.4 Å². The smallest absolute Gasteiger partial charge is 0.231 e. The lowest BCUT2D eigenvalue weighted by molar-refractivity contribution is 0.109. The second-order valence-electron chi connectivity index (χ2n) is 5.83. The number of hydrogen-bond donors (Lipinski definition) is 1. The molecule has 1 fully saturated rings. The van der Waals surface area contributed by atoms with Gasteiger partial charge in [-0.1, -0.05) is 23.4 Å². The molecule has 1 aromatic carbocycles. The predicted molar refractivity (Wildman–Crippen MR) is 78.4 cm³/mol. The summed E-state index contributed by atoms with van der Waals surface area (Å²) in [7, 11) is 0. The van der Waals surface area contributed by atoms with Crippen molar-refractivity contribution in [1.82, 2.24) is 10.1 Å². The van der Waals surface area contributed by atoms with Crippen molar-refractivity contribution in [2.45, 2.75) is 37.7 Å². The maximum atomic E-state index is 5.62. The third-order valence-corrected chi connectivity index (χ3v) is 4.29. The first kappa shape index (κ1) is 12.8. The van der Waals surface area contributed by atoms with Gasteiger partial charge in [0.25, 0.3) is 0 Å². The largest absolute Gasteiger partial charge is 0.384 e. The third kappa shape index (κ3) is 2.65. The first-order valence-electron chi connectivity index (χ1n) is 7.64. The number of rotatable bonds is 3. The summed E-state index contributed by atoms with van der Waals surface area (Å²) in [4.78, 5) is 4.57. The summed E-state index contributed by atoms with van der Waals surface area (Å²) >= 11 is 0. The van der Waals surface area contributed by atoms with Crippen molar-refractivity contribution in [3.8, 4) is 0 Å². The Balaban J connectivity index is 1.46. The van der Waals surface area contributed by atoms with E-state index in [1.165, 1.54) is 11.3 Å². The van der Waals surface area contributed by atoms with Crippen LogP contribution in [0.1, 0.15) is 36.0 Å². The van der Waals surface area contributed by atoms with E-state index in [2.05, 4.69) is 39.7 Å². The molecule has 2 atom stereocenters. The minimum Gasteiger partial charge on any atom is -0.384 e. The Morgan fingerprint density at radius 1 is 1.29 bits per heavy atom. The fraction of sp³-hybridized carbons (Fsp3) is 0.500. The highest BCUT2D eigenvalue weighted by Gasteiger charge is 2.25. The molecule has 5 nitrogen and oxygen atoms in total. The second-order valence-corrected chi connectivity index (χ2v) is 5.83. The van der Waals surface area contributed by atoms with Crippen LogP contribution in [0.3, 0.4) is 0 Å². The molecule has 21 heavy (non-hydrogen) atoms. The minimum atomic E-state index is 0.255. The lowest BCUT2D eigenvalue weighted by atomic mass is 9.94. The molecule has 0 aliphatic carbocycles. The summed E-state index contributed by atoms with van der Waals surface area (Å²) in [6, 6.07) is 8.39. The highest BCUT2D eigenvalue weighted by molar-refractivity contribution is 5.53. The van der Waals surface area contributed by atoms with E-state index in [-0.39, 0.29) is 12.0 Å². The van der Waals surface area contributed by atoms with Crippen LogP contribution in [0.25, 0.3) is 0 Å². The molecule has 1 aromatic heterocycles. The average Bonchev–Trinajstić information content (AvgIpc) is 3.19. The lowest BCUT2D eigenvalue weighted by Gasteiger charge is -2.23. The number of ether oxygens (including phenoxy) is 1. The summed E-state index contributed by atoms with van der Waals surface area (Å²) in [5.74, 6) is 1.77. The zero-order valence-electron chi connectivity index (χ0n) is 11.9. The normalized spacial score (nSPS) is 24.6. The van der Waals surface area contributed by atoms with Gasteiger partial charge in [0.1, 0.15) is 0 Å². The Hall–Kier alpha value is -1.88. The van der Waals surface area contributed by atoms with Gasteiger partial charge >= 0.3 is 0 Å². The molecule has 110 valence electrons. The highest BCUT2D eigenvalue weighted by atomic mass is 16.5. The average molecular weight is 285 g/mol. The third-order valence-electron chi connectivity index (χ3n) is 4.29. The number of nitrogens with zero attached hydrogens (tertiary/aromatic N) is 2. The molecule has 0 amide bonds. The molecule has 3 heterocycles. The summed E-state index contributed by atoms with van der Waals surface area (Å²) in [6.07, 6.45) is 4.21. The first-order valence-corrected chi connectivity index (χ1v) is 7.64. The van der Waals surface area contributed by atoms with E-state index in [9.17, 15) is 0 Å².